The normalized spacial score (nSPS) is 26.1. The number of carbonyl (C=O) groups is 2. The lowest BCUT2D eigenvalue weighted by molar-refractivity contribution is -0.132. The molecule has 0 bridgehead atoms. The van der Waals surface area contributed by atoms with Gasteiger partial charge < -0.3 is 5.32 Å². The van der Waals surface area contributed by atoms with E-state index >= 15 is 0 Å². The molecule has 0 aromatic heterocycles. The van der Waals surface area contributed by atoms with E-state index in [-0.39, 0.29) is 18.0 Å². The van der Waals surface area contributed by atoms with Gasteiger partial charge in [0.2, 0.25) is 0 Å². The molecule has 1 unspecified atom stereocenters. The SMILES string of the molecule is CC(C)N1C(=O)NC2(CCc3ccccc32)C1=O. The van der Waals surface area contributed by atoms with E-state index in [0.29, 0.717) is 6.42 Å². The van der Waals surface area contributed by atoms with Gasteiger partial charge in [-0.3, -0.25) is 9.69 Å². The molecule has 0 saturated carbocycles. The summed E-state index contributed by atoms with van der Waals surface area (Å²) in [6.45, 7) is 3.72. The highest BCUT2D eigenvalue weighted by Crippen LogP contribution is 2.41. The van der Waals surface area contributed by atoms with E-state index in [1.165, 1.54) is 4.90 Å². The molecule has 3 rings (SSSR count). The minimum atomic E-state index is -0.808. The Morgan fingerprint density at radius 1 is 1.28 bits per heavy atom. The summed E-state index contributed by atoms with van der Waals surface area (Å²) in [5.41, 5.74) is 1.32. The van der Waals surface area contributed by atoms with Gasteiger partial charge in [0.05, 0.1) is 0 Å². The summed E-state index contributed by atoms with van der Waals surface area (Å²) in [6, 6.07) is 7.49. The van der Waals surface area contributed by atoms with Crippen LogP contribution < -0.4 is 5.32 Å². The molecule has 1 aliphatic heterocycles. The molecule has 1 N–H and O–H groups in total. The fourth-order valence-electron chi connectivity index (χ4n) is 3.03. The first-order valence-corrected chi connectivity index (χ1v) is 6.30. The Morgan fingerprint density at radius 3 is 2.67 bits per heavy atom. The van der Waals surface area contributed by atoms with Gasteiger partial charge in [-0.15, -0.1) is 0 Å². The first-order chi connectivity index (χ1) is 8.56. The van der Waals surface area contributed by atoms with Crippen LogP contribution in [0.2, 0.25) is 0 Å². The zero-order valence-electron chi connectivity index (χ0n) is 10.6. The molecule has 4 nitrogen and oxygen atoms in total. The Morgan fingerprint density at radius 2 is 2.00 bits per heavy atom. The van der Waals surface area contributed by atoms with Crippen LogP contribution in [-0.4, -0.2) is 22.9 Å². The van der Waals surface area contributed by atoms with E-state index < -0.39 is 5.54 Å². The van der Waals surface area contributed by atoms with E-state index in [2.05, 4.69) is 5.32 Å². The third-order valence-corrected chi connectivity index (χ3v) is 3.89. The first-order valence-electron chi connectivity index (χ1n) is 6.30. The summed E-state index contributed by atoms with van der Waals surface area (Å²) in [4.78, 5) is 25.9. The Balaban J connectivity index is 2.10. The van der Waals surface area contributed by atoms with Crippen molar-refractivity contribution in [3.05, 3.63) is 35.4 Å². The van der Waals surface area contributed by atoms with Crippen LogP contribution in [0.1, 0.15) is 31.4 Å². The average molecular weight is 244 g/mol. The van der Waals surface area contributed by atoms with Crippen molar-refractivity contribution in [2.45, 2.75) is 38.3 Å². The van der Waals surface area contributed by atoms with Crippen LogP contribution in [0.25, 0.3) is 0 Å². The van der Waals surface area contributed by atoms with Crippen LogP contribution in [0.3, 0.4) is 0 Å². The Hall–Kier alpha value is -1.84. The monoisotopic (exact) mass is 244 g/mol. The van der Waals surface area contributed by atoms with Crippen molar-refractivity contribution >= 4 is 11.9 Å². The highest BCUT2D eigenvalue weighted by Gasteiger charge is 2.55. The number of aryl methyl sites for hydroxylation is 1. The van der Waals surface area contributed by atoms with Crippen molar-refractivity contribution in [2.24, 2.45) is 0 Å². The number of urea groups is 1. The van der Waals surface area contributed by atoms with Crippen molar-refractivity contribution in [3.8, 4) is 0 Å². The summed E-state index contributed by atoms with van der Waals surface area (Å²) in [5, 5.41) is 2.90. The van der Waals surface area contributed by atoms with Gasteiger partial charge in [0.25, 0.3) is 5.91 Å². The topological polar surface area (TPSA) is 49.4 Å². The van der Waals surface area contributed by atoms with E-state index in [1.807, 2.05) is 38.1 Å². The van der Waals surface area contributed by atoms with Crippen LogP contribution in [-0.2, 0) is 16.8 Å². The molecule has 4 heteroatoms. The molecule has 94 valence electrons. The Bertz CT molecular complexity index is 538. The molecule has 18 heavy (non-hydrogen) atoms. The van der Waals surface area contributed by atoms with E-state index in [4.69, 9.17) is 0 Å². The molecule has 1 saturated heterocycles. The maximum Gasteiger partial charge on any atom is 0.325 e. The molecule has 1 aromatic rings. The maximum atomic E-state index is 12.6. The Kier molecular flexibility index (Phi) is 2.24. The van der Waals surface area contributed by atoms with Crippen molar-refractivity contribution in [1.82, 2.24) is 10.2 Å². The quantitative estimate of drug-likeness (QED) is 0.766. The van der Waals surface area contributed by atoms with Gasteiger partial charge in [0.15, 0.2) is 0 Å². The summed E-state index contributed by atoms with van der Waals surface area (Å²) < 4.78 is 0. The lowest BCUT2D eigenvalue weighted by atomic mass is 9.91. The smallest absolute Gasteiger partial charge is 0.319 e. The second-order valence-corrected chi connectivity index (χ2v) is 5.26. The lowest BCUT2D eigenvalue weighted by Crippen LogP contribution is -2.42. The zero-order chi connectivity index (χ0) is 12.9. The fourth-order valence-corrected chi connectivity index (χ4v) is 3.03. The predicted octanol–water partition coefficient (Wildman–Crippen LogP) is 1.79. The van der Waals surface area contributed by atoms with Gasteiger partial charge in [-0.25, -0.2) is 4.79 Å². The number of benzene rings is 1. The van der Waals surface area contributed by atoms with Crippen LogP contribution in [0.5, 0.6) is 0 Å². The van der Waals surface area contributed by atoms with Crippen molar-refractivity contribution in [1.29, 1.82) is 0 Å². The minimum absolute atomic E-state index is 0.104. The number of carbonyl (C=O) groups excluding carboxylic acids is 2. The van der Waals surface area contributed by atoms with E-state index in [0.717, 1.165) is 17.5 Å². The van der Waals surface area contributed by atoms with Gasteiger partial charge in [-0.2, -0.15) is 0 Å². The van der Waals surface area contributed by atoms with Gasteiger partial charge in [0.1, 0.15) is 5.54 Å². The molecule has 1 aromatic carbocycles. The summed E-state index contributed by atoms with van der Waals surface area (Å²) >= 11 is 0. The number of hydrogen-bond donors (Lipinski definition) is 1. The standard InChI is InChI=1S/C14H16N2O2/c1-9(2)16-12(17)14(15-13(16)18)8-7-10-5-3-4-6-11(10)14/h3-6,9H,7-8H2,1-2H3,(H,15,18). The van der Waals surface area contributed by atoms with Gasteiger partial charge in [-0.05, 0) is 37.8 Å². The lowest BCUT2D eigenvalue weighted by Gasteiger charge is -2.23. The molecular weight excluding hydrogens is 228 g/mol. The van der Waals surface area contributed by atoms with Crippen LogP contribution in [0.15, 0.2) is 24.3 Å². The predicted molar refractivity (Wildman–Crippen MR) is 67.0 cm³/mol. The van der Waals surface area contributed by atoms with Crippen LogP contribution in [0.4, 0.5) is 4.79 Å². The number of nitrogens with one attached hydrogen (secondary N) is 1. The van der Waals surface area contributed by atoms with Gasteiger partial charge in [-0.1, -0.05) is 24.3 Å². The third-order valence-electron chi connectivity index (χ3n) is 3.89. The second kappa shape index (κ2) is 3.57. The molecule has 1 atom stereocenters. The fraction of sp³-hybridized carbons (Fsp3) is 0.429. The molecule has 0 radical (unpaired) electrons. The van der Waals surface area contributed by atoms with Gasteiger partial charge in [0, 0.05) is 6.04 Å². The molecule has 1 fully saturated rings. The number of amides is 3. The summed E-state index contributed by atoms with van der Waals surface area (Å²) in [6.07, 6.45) is 1.51. The molecule has 1 heterocycles. The largest absolute Gasteiger partial charge is 0.325 e. The average Bonchev–Trinajstić information content (AvgIpc) is 2.81. The molecular formula is C14H16N2O2. The van der Waals surface area contributed by atoms with Gasteiger partial charge >= 0.3 is 6.03 Å². The van der Waals surface area contributed by atoms with E-state index in [1.54, 1.807) is 0 Å². The summed E-state index contributed by atoms with van der Waals surface area (Å²) in [7, 11) is 0. The first kappa shape index (κ1) is 11.3. The zero-order valence-corrected chi connectivity index (χ0v) is 10.6. The maximum absolute atomic E-state index is 12.6. The van der Waals surface area contributed by atoms with Crippen molar-refractivity contribution in [2.75, 3.05) is 0 Å². The van der Waals surface area contributed by atoms with Crippen molar-refractivity contribution < 1.29 is 9.59 Å². The Labute approximate surface area is 106 Å². The van der Waals surface area contributed by atoms with Crippen LogP contribution in [0, 0.1) is 0 Å². The van der Waals surface area contributed by atoms with Crippen molar-refractivity contribution in [3.63, 3.8) is 0 Å². The second-order valence-electron chi connectivity index (χ2n) is 5.26. The number of hydrogen-bond acceptors (Lipinski definition) is 2. The number of imide groups is 1. The molecule has 2 aliphatic rings. The molecule has 3 amide bonds. The number of fused-ring (bicyclic) bond motifs is 2. The highest BCUT2D eigenvalue weighted by atomic mass is 16.2. The third kappa shape index (κ3) is 1.26. The summed E-state index contributed by atoms with van der Waals surface area (Å²) in [5.74, 6) is -0.104. The molecule has 1 spiro atoms. The number of nitrogens with zero attached hydrogens (tertiary/aromatic N) is 1. The minimum Gasteiger partial charge on any atom is -0.319 e. The highest BCUT2D eigenvalue weighted by molar-refractivity contribution is 6.08. The molecule has 1 aliphatic carbocycles. The van der Waals surface area contributed by atoms with Crippen LogP contribution >= 0.6 is 0 Å². The van der Waals surface area contributed by atoms with E-state index in [9.17, 15) is 9.59 Å². The number of rotatable bonds is 1.